The topological polar surface area (TPSA) is 51.0 Å². The van der Waals surface area contributed by atoms with Crippen molar-refractivity contribution < 1.29 is 4.79 Å². The summed E-state index contributed by atoms with van der Waals surface area (Å²) in [6.07, 6.45) is 2.18. The van der Waals surface area contributed by atoms with E-state index in [1.54, 1.807) is 4.68 Å². The first-order valence-electron chi connectivity index (χ1n) is 7.57. The molecule has 0 unspecified atom stereocenters. The summed E-state index contributed by atoms with van der Waals surface area (Å²) in [7, 11) is 1.88. The largest absolute Gasteiger partial charge is 0.339 e. The molecule has 0 bridgehead atoms. The number of fused-ring (bicyclic) bond motifs is 1. The van der Waals surface area contributed by atoms with Crippen molar-refractivity contribution in [3.05, 3.63) is 23.0 Å². The van der Waals surface area contributed by atoms with E-state index in [1.165, 1.54) is 0 Å². The molecular formula is C16H22N4O. The Morgan fingerprint density at radius 2 is 1.90 bits per heavy atom. The van der Waals surface area contributed by atoms with Gasteiger partial charge in [-0.2, -0.15) is 5.10 Å². The zero-order valence-electron chi connectivity index (χ0n) is 13.2. The number of hydrogen-bond donors (Lipinski definition) is 0. The first kappa shape index (κ1) is 14.0. The van der Waals surface area contributed by atoms with E-state index in [2.05, 4.69) is 17.0 Å². The van der Waals surface area contributed by atoms with Crippen molar-refractivity contribution >= 4 is 16.9 Å². The van der Waals surface area contributed by atoms with Crippen molar-refractivity contribution in [2.24, 2.45) is 13.0 Å². The standard InChI is InChI=1S/C16H22N4O/c1-10-5-7-20(8-6-10)16(21)14-9-13-12(3)18-19(4)15(13)17-11(14)2/h9-10H,5-8H2,1-4H3. The van der Waals surface area contributed by atoms with Crippen LogP contribution in [0.1, 0.15) is 41.5 Å². The average molecular weight is 286 g/mol. The summed E-state index contributed by atoms with van der Waals surface area (Å²) in [6, 6.07) is 1.96. The van der Waals surface area contributed by atoms with Crippen LogP contribution in [0, 0.1) is 19.8 Å². The summed E-state index contributed by atoms with van der Waals surface area (Å²) in [4.78, 5) is 19.3. The highest BCUT2D eigenvalue weighted by Gasteiger charge is 2.24. The lowest BCUT2D eigenvalue weighted by molar-refractivity contribution is 0.0696. The molecule has 1 aliphatic rings. The molecule has 1 amide bonds. The number of nitrogens with zero attached hydrogens (tertiary/aromatic N) is 4. The fourth-order valence-corrected chi connectivity index (χ4v) is 3.03. The number of piperidine rings is 1. The molecule has 0 aliphatic carbocycles. The molecule has 0 radical (unpaired) electrons. The molecule has 1 saturated heterocycles. The molecule has 2 aromatic rings. The molecular weight excluding hydrogens is 264 g/mol. The predicted octanol–water partition coefficient (Wildman–Crippen LogP) is 2.46. The SMILES string of the molecule is Cc1nc2c(cc1C(=O)N1CCC(C)CC1)c(C)nn2C. The fourth-order valence-electron chi connectivity index (χ4n) is 3.03. The van der Waals surface area contributed by atoms with Gasteiger partial charge < -0.3 is 4.90 Å². The third-order valence-electron chi connectivity index (χ3n) is 4.49. The second-order valence-corrected chi connectivity index (χ2v) is 6.18. The number of likely N-dealkylation sites (tertiary alicyclic amines) is 1. The highest BCUT2D eigenvalue weighted by Crippen LogP contribution is 2.23. The van der Waals surface area contributed by atoms with E-state index in [1.807, 2.05) is 31.9 Å². The van der Waals surface area contributed by atoms with Crippen LogP contribution in [0.2, 0.25) is 0 Å². The maximum Gasteiger partial charge on any atom is 0.255 e. The summed E-state index contributed by atoms with van der Waals surface area (Å²) in [6.45, 7) is 7.81. The molecule has 0 N–H and O–H groups in total. The lowest BCUT2D eigenvalue weighted by atomic mass is 9.98. The fraction of sp³-hybridized carbons (Fsp3) is 0.562. The highest BCUT2D eigenvalue weighted by atomic mass is 16.2. The number of carbonyl (C=O) groups is 1. The maximum atomic E-state index is 12.7. The van der Waals surface area contributed by atoms with Gasteiger partial charge in [0.2, 0.25) is 0 Å². The van der Waals surface area contributed by atoms with Crippen LogP contribution in [0.3, 0.4) is 0 Å². The average Bonchev–Trinajstić information content (AvgIpc) is 2.73. The number of aromatic nitrogens is 3. The Labute approximate surface area is 125 Å². The smallest absolute Gasteiger partial charge is 0.255 e. The molecule has 5 nitrogen and oxygen atoms in total. The van der Waals surface area contributed by atoms with Gasteiger partial charge in [-0.25, -0.2) is 4.98 Å². The van der Waals surface area contributed by atoms with Gasteiger partial charge in [-0.1, -0.05) is 6.92 Å². The third kappa shape index (κ3) is 2.41. The van der Waals surface area contributed by atoms with E-state index >= 15 is 0 Å². The molecule has 1 aliphatic heterocycles. The number of hydrogen-bond acceptors (Lipinski definition) is 3. The van der Waals surface area contributed by atoms with Gasteiger partial charge in [0.15, 0.2) is 5.65 Å². The molecule has 112 valence electrons. The zero-order valence-corrected chi connectivity index (χ0v) is 13.2. The van der Waals surface area contributed by atoms with E-state index in [4.69, 9.17) is 0 Å². The minimum absolute atomic E-state index is 0.108. The van der Waals surface area contributed by atoms with Crippen molar-refractivity contribution in [1.29, 1.82) is 0 Å². The number of amides is 1. The van der Waals surface area contributed by atoms with Gasteiger partial charge in [0.05, 0.1) is 17.0 Å². The quantitative estimate of drug-likeness (QED) is 0.809. The maximum absolute atomic E-state index is 12.7. The Balaban J connectivity index is 1.98. The number of aryl methyl sites for hydroxylation is 3. The van der Waals surface area contributed by atoms with Gasteiger partial charge in [0.1, 0.15) is 0 Å². The Hall–Kier alpha value is -1.91. The normalized spacial score (nSPS) is 16.7. The van der Waals surface area contributed by atoms with Gasteiger partial charge in [-0.05, 0) is 38.7 Å². The molecule has 0 saturated carbocycles. The zero-order chi connectivity index (χ0) is 15.1. The Morgan fingerprint density at radius 1 is 1.24 bits per heavy atom. The van der Waals surface area contributed by atoms with Crippen LogP contribution in [-0.2, 0) is 7.05 Å². The lowest BCUT2D eigenvalue weighted by Crippen LogP contribution is -2.38. The minimum atomic E-state index is 0.108. The van der Waals surface area contributed by atoms with Crippen molar-refractivity contribution in [1.82, 2.24) is 19.7 Å². The Kier molecular flexibility index (Phi) is 3.43. The summed E-state index contributed by atoms with van der Waals surface area (Å²) >= 11 is 0. The third-order valence-corrected chi connectivity index (χ3v) is 4.49. The lowest BCUT2D eigenvalue weighted by Gasteiger charge is -2.30. The first-order chi connectivity index (χ1) is 9.97. The molecule has 0 atom stereocenters. The van der Waals surface area contributed by atoms with E-state index < -0.39 is 0 Å². The van der Waals surface area contributed by atoms with Crippen molar-refractivity contribution in [2.75, 3.05) is 13.1 Å². The molecule has 3 heterocycles. The Morgan fingerprint density at radius 3 is 2.57 bits per heavy atom. The summed E-state index contributed by atoms with van der Waals surface area (Å²) in [5.74, 6) is 0.827. The van der Waals surface area contributed by atoms with Crippen LogP contribution in [0.5, 0.6) is 0 Å². The number of rotatable bonds is 1. The van der Waals surface area contributed by atoms with Crippen LogP contribution in [0.4, 0.5) is 0 Å². The predicted molar refractivity (Wildman–Crippen MR) is 82.3 cm³/mol. The summed E-state index contributed by atoms with van der Waals surface area (Å²) < 4.78 is 1.77. The van der Waals surface area contributed by atoms with E-state index in [-0.39, 0.29) is 5.91 Å². The summed E-state index contributed by atoms with van der Waals surface area (Å²) in [5, 5.41) is 5.35. The molecule has 0 spiro atoms. The Bertz CT molecular complexity index is 696. The monoisotopic (exact) mass is 286 g/mol. The molecule has 1 fully saturated rings. The molecule has 0 aromatic carbocycles. The molecule has 2 aromatic heterocycles. The van der Waals surface area contributed by atoms with Crippen LogP contribution >= 0.6 is 0 Å². The number of pyridine rings is 1. The van der Waals surface area contributed by atoms with Gasteiger partial charge in [-0.15, -0.1) is 0 Å². The van der Waals surface area contributed by atoms with Gasteiger partial charge in [-0.3, -0.25) is 9.48 Å². The summed E-state index contributed by atoms with van der Waals surface area (Å²) in [5.41, 5.74) is 3.26. The minimum Gasteiger partial charge on any atom is -0.339 e. The molecule has 21 heavy (non-hydrogen) atoms. The van der Waals surface area contributed by atoms with Crippen molar-refractivity contribution in [3.8, 4) is 0 Å². The van der Waals surface area contributed by atoms with E-state index in [0.717, 1.165) is 54.3 Å². The van der Waals surface area contributed by atoms with Crippen molar-refractivity contribution in [3.63, 3.8) is 0 Å². The highest BCUT2D eigenvalue weighted by molar-refractivity contribution is 5.98. The van der Waals surface area contributed by atoms with Crippen LogP contribution in [0.15, 0.2) is 6.07 Å². The second kappa shape index (κ2) is 5.13. The molecule has 5 heteroatoms. The van der Waals surface area contributed by atoms with Gasteiger partial charge in [0, 0.05) is 25.5 Å². The van der Waals surface area contributed by atoms with Gasteiger partial charge in [0.25, 0.3) is 5.91 Å². The number of carbonyl (C=O) groups excluding carboxylic acids is 1. The first-order valence-corrected chi connectivity index (χ1v) is 7.57. The van der Waals surface area contributed by atoms with Crippen LogP contribution in [-0.4, -0.2) is 38.7 Å². The molecule has 3 rings (SSSR count). The van der Waals surface area contributed by atoms with Crippen LogP contribution < -0.4 is 0 Å². The van der Waals surface area contributed by atoms with E-state index in [9.17, 15) is 4.79 Å². The second-order valence-electron chi connectivity index (χ2n) is 6.18. The van der Waals surface area contributed by atoms with E-state index in [0.29, 0.717) is 5.56 Å². The van der Waals surface area contributed by atoms with Gasteiger partial charge >= 0.3 is 0 Å². The van der Waals surface area contributed by atoms with Crippen LogP contribution in [0.25, 0.3) is 11.0 Å². The van der Waals surface area contributed by atoms with Crippen molar-refractivity contribution in [2.45, 2.75) is 33.6 Å².